The molecule has 1 saturated carbocycles. The monoisotopic (exact) mass is 273 g/mol. The summed E-state index contributed by atoms with van der Waals surface area (Å²) >= 11 is 0. The van der Waals surface area contributed by atoms with Crippen LogP contribution in [-0.4, -0.2) is 27.8 Å². The number of benzene rings is 1. The van der Waals surface area contributed by atoms with Crippen molar-refractivity contribution in [3.8, 4) is 0 Å². The predicted molar refractivity (Wildman–Crippen MR) is 80.6 cm³/mol. The van der Waals surface area contributed by atoms with Crippen molar-refractivity contribution >= 4 is 11.0 Å². The fraction of sp³-hybridized carbons (Fsp3) is 0.562. The second kappa shape index (κ2) is 5.94. The molecule has 1 aliphatic rings. The lowest BCUT2D eigenvalue weighted by atomic mass is 9.78. The van der Waals surface area contributed by atoms with Crippen molar-refractivity contribution in [3.05, 3.63) is 30.1 Å². The molecular weight excluding hydrogens is 250 g/mol. The van der Waals surface area contributed by atoms with E-state index in [1.165, 1.54) is 19.3 Å². The first-order chi connectivity index (χ1) is 9.85. The van der Waals surface area contributed by atoms with E-state index < -0.39 is 0 Å². The molecule has 20 heavy (non-hydrogen) atoms. The van der Waals surface area contributed by atoms with Gasteiger partial charge in [-0.2, -0.15) is 0 Å². The molecule has 2 atom stereocenters. The minimum absolute atomic E-state index is 0.146. The summed E-state index contributed by atoms with van der Waals surface area (Å²) < 4.78 is 2.19. The summed E-state index contributed by atoms with van der Waals surface area (Å²) in [7, 11) is 0. The summed E-state index contributed by atoms with van der Waals surface area (Å²) in [6.07, 6.45) is 4.89. The number of nitrogens with zero attached hydrogens (tertiary/aromatic N) is 2. The van der Waals surface area contributed by atoms with Gasteiger partial charge in [0.05, 0.1) is 17.6 Å². The molecule has 3 rings (SSSR count). The molecule has 4 heteroatoms. The summed E-state index contributed by atoms with van der Waals surface area (Å²) in [5.41, 5.74) is 8.11. The average molecular weight is 273 g/mol. The molecule has 1 aromatic carbocycles. The van der Waals surface area contributed by atoms with Crippen LogP contribution in [0.3, 0.4) is 0 Å². The highest BCUT2D eigenvalue weighted by Crippen LogP contribution is 2.37. The first kappa shape index (κ1) is 13.6. The van der Waals surface area contributed by atoms with Gasteiger partial charge in [-0.05, 0) is 37.4 Å². The van der Waals surface area contributed by atoms with Crippen LogP contribution in [-0.2, 0) is 6.54 Å². The van der Waals surface area contributed by atoms with Crippen LogP contribution in [0.25, 0.3) is 11.0 Å². The van der Waals surface area contributed by atoms with Crippen LogP contribution >= 0.6 is 0 Å². The summed E-state index contributed by atoms with van der Waals surface area (Å²) in [5, 5.41) is 9.37. The maximum absolute atomic E-state index is 9.37. The number of imidazole rings is 1. The van der Waals surface area contributed by atoms with Gasteiger partial charge in [0.15, 0.2) is 0 Å². The van der Waals surface area contributed by atoms with Crippen molar-refractivity contribution in [3.63, 3.8) is 0 Å². The van der Waals surface area contributed by atoms with Crippen LogP contribution in [0.2, 0.25) is 0 Å². The molecule has 2 aromatic rings. The molecule has 1 aliphatic carbocycles. The van der Waals surface area contributed by atoms with Crippen LogP contribution in [0.5, 0.6) is 0 Å². The Hall–Kier alpha value is -1.39. The minimum Gasteiger partial charge on any atom is -0.395 e. The van der Waals surface area contributed by atoms with Gasteiger partial charge in [0.2, 0.25) is 0 Å². The van der Waals surface area contributed by atoms with Crippen LogP contribution in [0.4, 0.5) is 0 Å². The Labute approximate surface area is 119 Å². The second-order valence-corrected chi connectivity index (χ2v) is 5.72. The van der Waals surface area contributed by atoms with Gasteiger partial charge in [-0.1, -0.05) is 25.0 Å². The van der Waals surface area contributed by atoms with E-state index in [1.807, 2.05) is 18.2 Å². The van der Waals surface area contributed by atoms with Gasteiger partial charge in [0.1, 0.15) is 5.82 Å². The highest BCUT2D eigenvalue weighted by Gasteiger charge is 2.29. The van der Waals surface area contributed by atoms with Gasteiger partial charge in [-0.3, -0.25) is 0 Å². The zero-order valence-electron chi connectivity index (χ0n) is 11.8. The number of rotatable bonds is 4. The highest BCUT2D eigenvalue weighted by molar-refractivity contribution is 5.76. The quantitative estimate of drug-likeness (QED) is 0.898. The number of nitrogens with two attached hydrogens (primary N) is 1. The van der Waals surface area contributed by atoms with Gasteiger partial charge in [0, 0.05) is 12.5 Å². The summed E-state index contributed by atoms with van der Waals surface area (Å²) in [4.78, 5) is 4.85. The molecule has 0 spiro atoms. The zero-order chi connectivity index (χ0) is 13.9. The fourth-order valence-electron chi connectivity index (χ4n) is 3.54. The Balaban J connectivity index is 2.06. The lowest BCUT2D eigenvalue weighted by molar-refractivity contribution is 0.263. The molecule has 4 nitrogen and oxygen atoms in total. The Morgan fingerprint density at radius 3 is 2.85 bits per heavy atom. The topological polar surface area (TPSA) is 64.1 Å². The van der Waals surface area contributed by atoms with Crippen LogP contribution < -0.4 is 5.73 Å². The lowest BCUT2D eigenvalue weighted by Crippen LogP contribution is -2.27. The zero-order valence-corrected chi connectivity index (χ0v) is 11.8. The Kier molecular flexibility index (Phi) is 4.03. The van der Waals surface area contributed by atoms with Crippen LogP contribution in [0.15, 0.2) is 24.3 Å². The molecule has 1 heterocycles. The van der Waals surface area contributed by atoms with Gasteiger partial charge >= 0.3 is 0 Å². The molecule has 0 radical (unpaired) electrons. The standard InChI is InChI=1S/C16H23N3O/c17-11-12-5-1-2-6-13(12)16-18-14-7-3-4-8-15(14)19(16)9-10-20/h3-4,7-8,12-13,20H,1-2,5-6,9-11,17H2. The molecule has 0 saturated heterocycles. The summed E-state index contributed by atoms with van der Waals surface area (Å²) in [5.74, 6) is 2.08. The molecule has 0 bridgehead atoms. The minimum atomic E-state index is 0.146. The maximum Gasteiger partial charge on any atom is 0.113 e. The fourth-order valence-corrected chi connectivity index (χ4v) is 3.54. The Bertz CT molecular complexity index is 578. The number of para-hydroxylation sites is 2. The van der Waals surface area contributed by atoms with E-state index in [0.717, 1.165) is 29.8 Å². The molecule has 2 unspecified atom stereocenters. The summed E-state index contributed by atoms with van der Waals surface area (Å²) in [6.45, 7) is 1.49. The molecular formula is C16H23N3O. The predicted octanol–water partition coefficient (Wildman–Crippen LogP) is 2.26. The second-order valence-electron chi connectivity index (χ2n) is 5.72. The van der Waals surface area contributed by atoms with E-state index in [-0.39, 0.29) is 6.61 Å². The van der Waals surface area contributed by atoms with E-state index in [0.29, 0.717) is 18.4 Å². The third kappa shape index (κ3) is 2.34. The van der Waals surface area contributed by atoms with E-state index in [9.17, 15) is 5.11 Å². The number of hydrogen-bond acceptors (Lipinski definition) is 3. The van der Waals surface area contributed by atoms with E-state index in [4.69, 9.17) is 10.7 Å². The van der Waals surface area contributed by atoms with Crippen LogP contribution in [0.1, 0.15) is 37.4 Å². The van der Waals surface area contributed by atoms with Crippen molar-refractivity contribution in [2.24, 2.45) is 11.7 Å². The van der Waals surface area contributed by atoms with Gasteiger partial charge < -0.3 is 15.4 Å². The maximum atomic E-state index is 9.37. The molecule has 1 aromatic heterocycles. The number of aliphatic hydroxyl groups excluding tert-OH is 1. The number of fused-ring (bicyclic) bond motifs is 1. The molecule has 108 valence electrons. The number of aliphatic hydroxyl groups is 1. The first-order valence-corrected chi connectivity index (χ1v) is 7.61. The molecule has 3 N–H and O–H groups in total. The first-order valence-electron chi connectivity index (χ1n) is 7.61. The van der Waals surface area contributed by atoms with E-state index >= 15 is 0 Å². The molecule has 1 fully saturated rings. The van der Waals surface area contributed by atoms with Gasteiger partial charge in [0.25, 0.3) is 0 Å². The van der Waals surface area contributed by atoms with E-state index in [1.54, 1.807) is 0 Å². The third-order valence-electron chi connectivity index (χ3n) is 4.55. The van der Waals surface area contributed by atoms with Crippen LogP contribution in [0, 0.1) is 5.92 Å². The smallest absolute Gasteiger partial charge is 0.113 e. The van der Waals surface area contributed by atoms with E-state index in [2.05, 4.69) is 10.6 Å². The highest BCUT2D eigenvalue weighted by atomic mass is 16.3. The Morgan fingerprint density at radius 1 is 1.25 bits per heavy atom. The lowest BCUT2D eigenvalue weighted by Gasteiger charge is -2.30. The molecule has 0 amide bonds. The van der Waals surface area contributed by atoms with Crippen molar-refractivity contribution in [1.29, 1.82) is 0 Å². The van der Waals surface area contributed by atoms with Crippen molar-refractivity contribution in [2.45, 2.75) is 38.1 Å². The largest absolute Gasteiger partial charge is 0.395 e. The third-order valence-corrected chi connectivity index (χ3v) is 4.55. The van der Waals surface area contributed by atoms with Crippen molar-refractivity contribution in [2.75, 3.05) is 13.2 Å². The van der Waals surface area contributed by atoms with Crippen molar-refractivity contribution < 1.29 is 5.11 Å². The number of aromatic nitrogens is 2. The average Bonchev–Trinajstić information content (AvgIpc) is 2.86. The normalized spacial score (nSPS) is 23.3. The summed E-state index contributed by atoms with van der Waals surface area (Å²) in [6, 6.07) is 8.18. The Morgan fingerprint density at radius 2 is 2.05 bits per heavy atom. The van der Waals surface area contributed by atoms with Gasteiger partial charge in [-0.15, -0.1) is 0 Å². The van der Waals surface area contributed by atoms with Crippen molar-refractivity contribution in [1.82, 2.24) is 9.55 Å². The molecule has 0 aliphatic heterocycles. The SMILES string of the molecule is NCC1CCCCC1c1nc2ccccc2n1CCO. The number of hydrogen-bond donors (Lipinski definition) is 2. The van der Waals surface area contributed by atoms with Gasteiger partial charge in [-0.25, -0.2) is 4.98 Å².